The van der Waals surface area contributed by atoms with Crippen LogP contribution >= 0.6 is 0 Å². The zero-order chi connectivity index (χ0) is 24.7. The molecule has 3 heterocycles. The normalized spacial score (nSPS) is 22.7. The summed E-state index contributed by atoms with van der Waals surface area (Å²) in [6.45, 7) is 1.03. The summed E-state index contributed by atoms with van der Waals surface area (Å²) in [6.07, 6.45) is 1.11. The first-order valence-electron chi connectivity index (χ1n) is 11.0. The Morgan fingerprint density at radius 3 is 2.63 bits per heavy atom. The summed E-state index contributed by atoms with van der Waals surface area (Å²) in [5.74, 6) is -1.88. The SMILES string of the molecule is N[C@H]1C[C@@H](N2Cc3cn(S(=O)(=O)NC(=O)c4ccccc4)nc3C2)CO[C@@H]1c1cc(F)ccc1F. The largest absolute Gasteiger partial charge is 0.370 e. The average Bonchev–Trinajstić information content (AvgIpc) is 3.41. The van der Waals surface area contributed by atoms with Gasteiger partial charge in [0.1, 0.15) is 17.7 Å². The number of hydrogen-bond acceptors (Lipinski definition) is 7. The molecule has 0 bridgehead atoms. The van der Waals surface area contributed by atoms with E-state index in [9.17, 15) is 22.0 Å². The van der Waals surface area contributed by atoms with Gasteiger partial charge in [0.05, 0.1) is 12.3 Å². The molecule has 0 unspecified atom stereocenters. The highest BCUT2D eigenvalue weighted by Crippen LogP contribution is 2.34. The molecule has 12 heteroatoms. The second-order valence-electron chi connectivity index (χ2n) is 8.65. The second kappa shape index (κ2) is 9.11. The number of carbonyl (C=O) groups excluding carboxylic acids is 1. The predicted octanol–water partition coefficient (Wildman–Crippen LogP) is 1.86. The Kier molecular flexibility index (Phi) is 6.13. The van der Waals surface area contributed by atoms with E-state index < -0.39 is 39.9 Å². The highest BCUT2D eigenvalue weighted by atomic mass is 32.2. The molecule has 3 atom stereocenters. The summed E-state index contributed by atoms with van der Waals surface area (Å²) in [4.78, 5) is 14.3. The van der Waals surface area contributed by atoms with E-state index in [4.69, 9.17) is 10.5 Å². The Morgan fingerprint density at radius 2 is 1.91 bits per heavy atom. The van der Waals surface area contributed by atoms with E-state index in [1.165, 1.54) is 18.3 Å². The van der Waals surface area contributed by atoms with Gasteiger partial charge >= 0.3 is 10.2 Å². The van der Waals surface area contributed by atoms with Crippen LogP contribution in [0.2, 0.25) is 0 Å². The molecule has 2 aliphatic rings. The van der Waals surface area contributed by atoms with E-state index in [1.54, 1.807) is 18.2 Å². The number of nitrogens with two attached hydrogens (primary N) is 1. The first-order chi connectivity index (χ1) is 16.7. The van der Waals surface area contributed by atoms with Gasteiger partial charge in [0.15, 0.2) is 0 Å². The molecular formula is C23H23F2N5O4S. The molecule has 184 valence electrons. The van der Waals surface area contributed by atoms with Crippen LogP contribution in [0.3, 0.4) is 0 Å². The molecule has 3 N–H and O–H groups in total. The zero-order valence-corrected chi connectivity index (χ0v) is 19.3. The molecule has 5 rings (SSSR count). The number of nitrogens with one attached hydrogen (secondary N) is 1. The van der Waals surface area contributed by atoms with Gasteiger partial charge in [0.2, 0.25) is 0 Å². The summed E-state index contributed by atoms with van der Waals surface area (Å²) >= 11 is 0. The number of hydrogen-bond donors (Lipinski definition) is 2. The van der Waals surface area contributed by atoms with Gasteiger partial charge in [-0.25, -0.2) is 13.5 Å². The fraction of sp³-hybridized carbons (Fsp3) is 0.304. The summed E-state index contributed by atoms with van der Waals surface area (Å²) in [5.41, 5.74) is 7.84. The van der Waals surface area contributed by atoms with Gasteiger partial charge in [-0.2, -0.15) is 13.5 Å². The number of benzene rings is 2. The number of fused-ring (bicyclic) bond motifs is 1. The molecule has 9 nitrogen and oxygen atoms in total. The van der Waals surface area contributed by atoms with Crippen molar-refractivity contribution >= 4 is 16.1 Å². The third-order valence-electron chi connectivity index (χ3n) is 6.27. The predicted molar refractivity (Wildman–Crippen MR) is 121 cm³/mol. The Balaban J connectivity index is 1.23. The van der Waals surface area contributed by atoms with Crippen LogP contribution in [0.4, 0.5) is 8.78 Å². The van der Waals surface area contributed by atoms with E-state index in [2.05, 4.69) is 10.00 Å². The van der Waals surface area contributed by atoms with Gasteiger partial charge in [0.25, 0.3) is 5.91 Å². The molecule has 3 aromatic rings. The van der Waals surface area contributed by atoms with E-state index in [0.717, 1.165) is 22.3 Å². The third-order valence-corrected chi connectivity index (χ3v) is 7.39. The maximum atomic E-state index is 14.2. The number of rotatable bonds is 5. The first-order valence-corrected chi connectivity index (χ1v) is 12.4. The van der Waals surface area contributed by atoms with E-state index in [1.807, 2.05) is 4.72 Å². The lowest BCUT2D eigenvalue weighted by molar-refractivity contribution is -0.0533. The van der Waals surface area contributed by atoms with Crippen LogP contribution in [-0.2, 0) is 28.0 Å². The van der Waals surface area contributed by atoms with Crippen molar-refractivity contribution in [3.63, 3.8) is 0 Å². The molecule has 0 saturated carbocycles. The highest BCUT2D eigenvalue weighted by Gasteiger charge is 2.37. The minimum Gasteiger partial charge on any atom is -0.370 e. The molecule has 2 aliphatic heterocycles. The van der Waals surface area contributed by atoms with E-state index >= 15 is 0 Å². The number of carbonyl (C=O) groups is 1. The molecular weight excluding hydrogens is 480 g/mol. The van der Waals surface area contributed by atoms with Crippen molar-refractivity contribution in [1.29, 1.82) is 0 Å². The molecule has 0 aliphatic carbocycles. The summed E-state index contributed by atoms with van der Waals surface area (Å²) in [5, 5.41) is 4.17. The van der Waals surface area contributed by atoms with Gasteiger partial charge in [-0.3, -0.25) is 9.69 Å². The van der Waals surface area contributed by atoms with Crippen molar-refractivity contribution in [2.24, 2.45) is 5.73 Å². The lowest BCUT2D eigenvalue weighted by Gasteiger charge is -2.38. The summed E-state index contributed by atoms with van der Waals surface area (Å²) in [7, 11) is -4.21. The topological polar surface area (TPSA) is 120 Å². The molecule has 1 aromatic heterocycles. The van der Waals surface area contributed by atoms with Gasteiger partial charge in [-0.15, -0.1) is 4.09 Å². The number of ether oxygens (including phenoxy) is 1. The van der Waals surface area contributed by atoms with E-state index in [-0.39, 0.29) is 23.8 Å². The van der Waals surface area contributed by atoms with Crippen LogP contribution in [0, 0.1) is 11.6 Å². The molecule has 1 fully saturated rings. The fourth-order valence-corrected chi connectivity index (χ4v) is 5.42. The lowest BCUT2D eigenvalue weighted by Crippen LogP contribution is -2.47. The van der Waals surface area contributed by atoms with Gasteiger partial charge < -0.3 is 10.5 Å². The first kappa shape index (κ1) is 23.5. The molecule has 2 aromatic carbocycles. The minimum atomic E-state index is -4.21. The Hall–Kier alpha value is -3.19. The van der Waals surface area contributed by atoms with Crippen LogP contribution in [0.1, 0.15) is 39.7 Å². The van der Waals surface area contributed by atoms with Crippen LogP contribution in [0.15, 0.2) is 54.7 Å². The maximum absolute atomic E-state index is 14.2. The number of nitrogens with zero attached hydrogens (tertiary/aromatic N) is 3. The Labute approximate surface area is 200 Å². The number of halogens is 2. The highest BCUT2D eigenvalue weighted by molar-refractivity contribution is 7.88. The molecule has 35 heavy (non-hydrogen) atoms. The zero-order valence-electron chi connectivity index (χ0n) is 18.5. The number of aromatic nitrogens is 2. The average molecular weight is 504 g/mol. The summed E-state index contributed by atoms with van der Waals surface area (Å²) < 4.78 is 61.6. The van der Waals surface area contributed by atoms with Crippen molar-refractivity contribution in [3.05, 3.63) is 88.7 Å². The van der Waals surface area contributed by atoms with Crippen LogP contribution in [0.5, 0.6) is 0 Å². The monoisotopic (exact) mass is 503 g/mol. The molecule has 0 radical (unpaired) electrons. The molecule has 1 saturated heterocycles. The maximum Gasteiger partial charge on any atom is 0.345 e. The van der Waals surface area contributed by atoms with Crippen LogP contribution in [-0.4, -0.2) is 47.1 Å². The standard InChI is InChI=1S/C23H23F2N5O4S/c24-16-6-7-19(25)18(8-16)22-20(26)9-17(13-34-22)29-10-15-11-30(27-21(15)12-29)35(32,33)28-23(31)14-4-2-1-3-5-14/h1-8,11,17,20,22H,9-10,12-13,26H2,(H,28,31)/t17-,20+,22-/m1/s1. The van der Waals surface area contributed by atoms with Crippen molar-refractivity contribution < 1.29 is 26.7 Å². The van der Waals surface area contributed by atoms with E-state index in [0.29, 0.717) is 30.8 Å². The van der Waals surface area contributed by atoms with Crippen molar-refractivity contribution in [1.82, 2.24) is 18.8 Å². The van der Waals surface area contributed by atoms with Gasteiger partial charge in [-0.05, 0) is 36.8 Å². The van der Waals surface area contributed by atoms with Crippen LogP contribution < -0.4 is 10.5 Å². The van der Waals surface area contributed by atoms with Crippen molar-refractivity contribution in [2.45, 2.75) is 37.7 Å². The lowest BCUT2D eigenvalue weighted by atomic mass is 9.93. The number of amides is 1. The second-order valence-corrected chi connectivity index (χ2v) is 10.2. The van der Waals surface area contributed by atoms with Gasteiger partial charge in [0, 0.05) is 48.1 Å². The quantitative estimate of drug-likeness (QED) is 0.545. The van der Waals surface area contributed by atoms with Crippen LogP contribution in [0.25, 0.3) is 0 Å². The fourth-order valence-electron chi connectivity index (χ4n) is 4.50. The Morgan fingerprint density at radius 1 is 1.14 bits per heavy atom. The van der Waals surface area contributed by atoms with Crippen molar-refractivity contribution in [3.8, 4) is 0 Å². The van der Waals surface area contributed by atoms with Gasteiger partial charge in [-0.1, -0.05) is 18.2 Å². The molecule has 0 spiro atoms. The minimum absolute atomic E-state index is 0.0970. The molecule has 1 amide bonds. The Bertz CT molecular complexity index is 1340. The smallest absolute Gasteiger partial charge is 0.345 e. The summed E-state index contributed by atoms with van der Waals surface area (Å²) in [6, 6.07) is 10.6. The third kappa shape index (κ3) is 4.69. The van der Waals surface area contributed by atoms with Crippen molar-refractivity contribution in [2.75, 3.05) is 6.61 Å².